The minimum absolute atomic E-state index is 0.0121. The van der Waals surface area contributed by atoms with Gasteiger partial charge in [-0.15, -0.1) is 0 Å². The summed E-state index contributed by atoms with van der Waals surface area (Å²) in [6.07, 6.45) is -3.88. The normalized spacial score (nSPS) is 12.7. The van der Waals surface area contributed by atoms with Crippen molar-refractivity contribution >= 4 is 27.5 Å². The molecule has 0 aliphatic rings. The second-order valence-corrected chi connectivity index (χ2v) is 9.30. The summed E-state index contributed by atoms with van der Waals surface area (Å²) in [5.74, 6) is -1.17. The van der Waals surface area contributed by atoms with E-state index >= 15 is 0 Å². The fourth-order valence-corrected chi connectivity index (χ4v) is 3.98. The lowest BCUT2D eigenvalue weighted by atomic mass is 10.1. The SMILES string of the molecule is CCNC(=O)[C@H](C)N(Cc1ccccc1)C(=O)CN(c1cccc(C(F)(F)F)c1)S(C)(=O)=O. The number of hydrogen-bond acceptors (Lipinski definition) is 4. The van der Waals surface area contributed by atoms with Crippen LogP contribution in [0.25, 0.3) is 0 Å². The first kappa shape index (κ1) is 26.2. The molecular formula is C22H26F3N3O4S. The van der Waals surface area contributed by atoms with Gasteiger partial charge in [-0.1, -0.05) is 36.4 Å². The Kier molecular flexibility index (Phi) is 8.48. The third kappa shape index (κ3) is 7.21. The fraction of sp³-hybridized carbons (Fsp3) is 0.364. The number of likely N-dealkylation sites (N-methyl/N-ethyl adjacent to an activating group) is 1. The Balaban J connectivity index is 2.41. The molecule has 0 heterocycles. The molecule has 2 aromatic carbocycles. The summed E-state index contributed by atoms with van der Waals surface area (Å²) in [7, 11) is -4.12. The number of nitrogens with zero attached hydrogens (tertiary/aromatic N) is 2. The monoisotopic (exact) mass is 485 g/mol. The zero-order valence-electron chi connectivity index (χ0n) is 18.5. The summed E-state index contributed by atoms with van der Waals surface area (Å²) in [6.45, 7) is 2.79. The smallest absolute Gasteiger partial charge is 0.355 e. The van der Waals surface area contributed by atoms with E-state index in [0.29, 0.717) is 22.5 Å². The van der Waals surface area contributed by atoms with E-state index in [9.17, 15) is 31.2 Å². The maximum atomic E-state index is 13.2. The van der Waals surface area contributed by atoms with Crippen LogP contribution >= 0.6 is 0 Å². The molecule has 0 aromatic heterocycles. The van der Waals surface area contributed by atoms with Crippen LogP contribution in [0.5, 0.6) is 0 Å². The van der Waals surface area contributed by atoms with Crippen LogP contribution in [-0.4, -0.2) is 50.5 Å². The molecule has 0 radical (unpaired) electrons. The van der Waals surface area contributed by atoms with Gasteiger partial charge in [0.2, 0.25) is 21.8 Å². The highest BCUT2D eigenvalue weighted by atomic mass is 32.2. The molecule has 180 valence electrons. The second kappa shape index (κ2) is 10.7. The van der Waals surface area contributed by atoms with Gasteiger partial charge in [-0.25, -0.2) is 8.42 Å². The van der Waals surface area contributed by atoms with Crippen molar-refractivity contribution in [3.63, 3.8) is 0 Å². The standard InChI is InChI=1S/C22H26F3N3O4S/c1-4-26-21(30)16(2)27(14-17-9-6-5-7-10-17)20(29)15-28(33(3,31)32)19-12-8-11-18(13-19)22(23,24)25/h5-13,16H,4,14-15H2,1-3H3,(H,26,30)/t16-/m0/s1. The van der Waals surface area contributed by atoms with Gasteiger partial charge < -0.3 is 10.2 Å². The lowest BCUT2D eigenvalue weighted by Gasteiger charge is -2.31. The van der Waals surface area contributed by atoms with E-state index in [1.165, 1.54) is 17.9 Å². The minimum Gasteiger partial charge on any atom is -0.355 e. The molecule has 0 aliphatic heterocycles. The maximum Gasteiger partial charge on any atom is 0.416 e. The van der Waals surface area contributed by atoms with Gasteiger partial charge >= 0.3 is 6.18 Å². The summed E-state index contributed by atoms with van der Waals surface area (Å²) in [4.78, 5) is 26.9. The third-order valence-corrected chi connectivity index (χ3v) is 6.00. The van der Waals surface area contributed by atoms with Gasteiger partial charge in [-0.3, -0.25) is 13.9 Å². The average molecular weight is 486 g/mol. The van der Waals surface area contributed by atoms with Crippen molar-refractivity contribution in [1.82, 2.24) is 10.2 Å². The van der Waals surface area contributed by atoms with Gasteiger partial charge in [0.25, 0.3) is 0 Å². The van der Waals surface area contributed by atoms with Crippen LogP contribution in [0.15, 0.2) is 54.6 Å². The molecule has 0 saturated heterocycles. The van der Waals surface area contributed by atoms with E-state index in [0.717, 1.165) is 18.4 Å². The van der Waals surface area contributed by atoms with Crippen LogP contribution in [0.1, 0.15) is 25.0 Å². The highest BCUT2D eigenvalue weighted by Gasteiger charge is 2.33. The Hall–Kier alpha value is -3.08. The van der Waals surface area contributed by atoms with E-state index < -0.39 is 46.2 Å². The van der Waals surface area contributed by atoms with Gasteiger partial charge in [-0.05, 0) is 37.6 Å². The molecule has 1 atom stereocenters. The Bertz CT molecular complexity index is 1080. The first-order chi connectivity index (χ1) is 15.3. The van der Waals surface area contributed by atoms with Crippen molar-refractivity contribution in [3.8, 4) is 0 Å². The summed E-state index contributed by atoms with van der Waals surface area (Å²) in [5, 5.41) is 2.62. The zero-order valence-corrected chi connectivity index (χ0v) is 19.3. The first-order valence-corrected chi connectivity index (χ1v) is 12.0. The van der Waals surface area contributed by atoms with E-state index in [1.54, 1.807) is 37.3 Å². The number of alkyl halides is 3. The molecule has 0 bridgehead atoms. The maximum absolute atomic E-state index is 13.2. The number of benzene rings is 2. The second-order valence-electron chi connectivity index (χ2n) is 7.40. The van der Waals surface area contributed by atoms with Crippen LogP contribution in [0, 0.1) is 0 Å². The predicted octanol–water partition coefficient (Wildman–Crippen LogP) is 3.02. The number of carbonyl (C=O) groups excluding carboxylic acids is 2. The quantitative estimate of drug-likeness (QED) is 0.592. The van der Waals surface area contributed by atoms with Crippen molar-refractivity contribution in [1.29, 1.82) is 0 Å². The molecule has 2 amide bonds. The van der Waals surface area contributed by atoms with Crippen molar-refractivity contribution in [2.24, 2.45) is 0 Å². The Labute approximate surface area is 191 Å². The Morgan fingerprint density at radius 3 is 2.24 bits per heavy atom. The molecule has 2 aromatic rings. The van der Waals surface area contributed by atoms with Gasteiger partial charge in [-0.2, -0.15) is 13.2 Å². The highest BCUT2D eigenvalue weighted by Crippen LogP contribution is 2.32. The summed E-state index contributed by atoms with van der Waals surface area (Å²) in [5.41, 5.74) is -0.643. The van der Waals surface area contributed by atoms with Gasteiger partial charge in [0.1, 0.15) is 12.6 Å². The van der Waals surface area contributed by atoms with Crippen molar-refractivity contribution in [2.45, 2.75) is 32.6 Å². The molecule has 2 rings (SSSR count). The summed E-state index contributed by atoms with van der Waals surface area (Å²) in [6, 6.07) is 11.5. The van der Waals surface area contributed by atoms with Crippen LogP contribution in [-0.2, 0) is 32.3 Å². The van der Waals surface area contributed by atoms with Crippen molar-refractivity contribution < 1.29 is 31.2 Å². The van der Waals surface area contributed by atoms with E-state index in [-0.39, 0.29) is 12.2 Å². The molecule has 33 heavy (non-hydrogen) atoms. The van der Waals surface area contributed by atoms with E-state index in [2.05, 4.69) is 5.32 Å². The minimum atomic E-state index is -4.69. The average Bonchev–Trinajstić information content (AvgIpc) is 2.74. The molecule has 11 heteroatoms. The first-order valence-electron chi connectivity index (χ1n) is 10.1. The lowest BCUT2D eigenvalue weighted by Crippen LogP contribution is -2.51. The predicted molar refractivity (Wildman–Crippen MR) is 119 cm³/mol. The third-order valence-electron chi connectivity index (χ3n) is 4.85. The number of carbonyl (C=O) groups is 2. The van der Waals surface area contributed by atoms with Crippen LogP contribution in [0.4, 0.5) is 18.9 Å². The number of sulfonamides is 1. The number of amides is 2. The van der Waals surface area contributed by atoms with Gasteiger partial charge in [0, 0.05) is 13.1 Å². The topological polar surface area (TPSA) is 86.8 Å². The molecule has 7 nitrogen and oxygen atoms in total. The molecule has 0 spiro atoms. The number of nitrogens with one attached hydrogen (secondary N) is 1. The lowest BCUT2D eigenvalue weighted by molar-refractivity contribution is -0.139. The number of rotatable bonds is 9. The largest absolute Gasteiger partial charge is 0.416 e. The van der Waals surface area contributed by atoms with Crippen LogP contribution < -0.4 is 9.62 Å². The van der Waals surface area contributed by atoms with Crippen molar-refractivity contribution in [2.75, 3.05) is 23.7 Å². The van der Waals surface area contributed by atoms with Gasteiger partial charge in [0.15, 0.2) is 0 Å². The highest BCUT2D eigenvalue weighted by molar-refractivity contribution is 7.92. The molecule has 0 fully saturated rings. The number of halogens is 3. The Morgan fingerprint density at radius 1 is 1.06 bits per heavy atom. The number of anilines is 1. The van der Waals surface area contributed by atoms with E-state index in [4.69, 9.17) is 0 Å². The molecule has 0 aliphatic carbocycles. The van der Waals surface area contributed by atoms with Crippen LogP contribution in [0.3, 0.4) is 0 Å². The summed E-state index contributed by atoms with van der Waals surface area (Å²) < 4.78 is 64.8. The fourth-order valence-electron chi connectivity index (χ4n) is 3.14. The zero-order chi connectivity index (χ0) is 24.8. The van der Waals surface area contributed by atoms with Crippen molar-refractivity contribution in [3.05, 3.63) is 65.7 Å². The number of hydrogen-bond donors (Lipinski definition) is 1. The molecule has 0 unspecified atom stereocenters. The Morgan fingerprint density at radius 2 is 1.70 bits per heavy atom. The van der Waals surface area contributed by atoms with E-state index in [1.807, 2.05) is 0 Å². The molecule has 0 saturated carbocycles. The molecule has 1 N–H and O–H groups in total. The summed E-state index contributed by atoms with van der Waals surface area (Å²) >= 11 is 0. The van der Waals surface area contributed by atoms with Crippen LogP contribution in [0.2, 0.25) is 0 Å². The van der Waals surface area contributed by atoms with Gasteiger partial charge in [0.05, 0.1) is 17.5 Å². The molecular weight excluding hydrogens is 459 g/mol.